The monoisotopic (exact) mass is 187 g/mol. The van der Waals surface area contributed by atoms with Gasteiger partial charge in [-0.15, -0.1) is 0 Å². The summed E-state index contributed by atoms with van der Waals surface area (Å²) in [7, 11) is 0. The molecule has 1 nitrogen and oxygen atoms in total. The summed E-state index contributed by atoms with van der Waals surface area (Å²) in [6.07, 6.45) is 3.52. The minimum atomic E-state index is 0.234. The van der Waals surface area contributed by atoms with Gasteiger partial charge < -0.3 is 5.73 Å². The zero-order chi connectivity index (χ0) is 10.1. The Bertz CT molecular complexity index is 365. The fraction of sp³-hybridized carbons (Fsp3) is 0.385. The predicted molar refractivity (Wildman–Crippen MR) is 61.0 cm³/mol. The van der Waals surface area contributed by atoms with E-state index in [1.807, 2.05) is 6.92 Å². The summed E-state index contributed by atoms with van der Waals surface area (Å²) in [6.45, 7) is 6.00. The molecule has 0 radical (unpaired) electrons. The highest BCUT2D eigenvalue weighted by Crippen LogP contribution is 2.29. The molecule has 0 amide bonds. The number of fused-ring (bicyclic) bond motifs is 1. The van der Waals surface area contributed by atoms with Gasteiger partial charge in [-0.2, -0.15) is 0 Å². The van der Waals surface area contributed by atoms with Crippen molar-refractivity contribution >= 4 is 5.57 Å². The maximum atomic E-state index is 6.09. The van der Waals surface area contributed by atoms with Gasteiger partial charge in [-0.05, 0) is 48.9 Å². The lowest BCUT2D eigenvalue weighted by atomic mass is 9.86. The molecule has 1 aliphatic carbocycles. The van der Waals surface area contributed by atoms with Crippen molar-refractivity contribution in [2.75, 3.05) is 0 Å². The van der Waals surface area contributed by atoms with E-state index in [1.54, 1.807) is 0 Å². The lowest BCUT2D eigenvalue weighted by Gasteiger charge is -2.22. The standard InChI is InChI=1S/C13H17N/c1-9(2)11-7-6-10-4-3-5-13(14)12(10)8-11/h6-8,13H,1,3-5,14H2,2H3. The zero-order valence-electron chi connectivity index (χ0n) is 8.72. The average molecular weight is 187 g/mol. The lowest BCUT2D eigenvalue weighted by Crippen LogP contribution is -2.17. The molecule has 1 aromatic rings. The fourth-order valence-electron chi connectivity index (χ4n) is 2.10. The van der Waals surface area contributed by atoms with E-state index < -0.39 is 0 Å². The molecule has 2 rings (SSSR count). The topological polar surface area (TPSA) is 26.0 Å². The van der Waals surface area contributed by atoms with Gasteiger partial charge in [-0.1, -0.05) is 24.3 Å². The first-order valence-corrected chi connectivity index (χ1v) is 5.23. The zero-order valence-corrected chi connectivity index (χ0v) is 8.72. The highest BCUT2D eigenvalue weighted by atomic mass is 14.6. The predicted octanol–water partition coefficient (Wildman–Crippen LogP) is 3.06. The Morgan fingerprint density at radius 3 is 3.00 bits per heavy atom. The van der Waals surface area contributed by atoms with Gasteiger partial charge in [-0.3, -0.25) is 0 Å². The summed E-state index contributed by atoms with van der Waals surface area (Å²) in [5, 5.41) is 0. The Labute approximate surface area is 85.6 Å². The van der Waals surface area contributed by atoms with Crippen LogP contribution in [-0.4, -0.2) is 0 Å². The fourth-order valence-corrected chi connectivity index (χ4v) is 2.10. The normalized spacial score (nSPS) is 20.3. The second kappa shape index (κ2) is 3.58. The number of aryl methyl sites for hydroxylation is 1. The van der Waals surface area contributed by atoms with Crippen LogP contribution >= 0.6 is 0 Å². The van der Waals surface area contributed by atoms with Gasteiger partial charge in [0.1, 0.15) is 0 Å². The molecule has 14 heavy (non-hydrogen) atoms. The van der Waals surface area contributed by atoms with Crippen LogP contribution in [-0.2, 0) is 6.42 Å². The molecule has 0 fully saturated rings. The maximum Gasteiger partial charge on any atom is 0.0297 e. The van der Waals surface area contributed by atoms with Crippen molar-refractivity contribution in [3.63, 3.8) is 0 Å². The molecule has 1 aromatic carbocycles. The van der Waals surface area contributed by atoms with Crippen LogP contribution in [0.25, 0.3) is 5.57 Å². The molecule has 0 saturated heterocycles. The first kappa shape index (κ1) is 9.47. The van der Waals surface area contributed by atoms with Gasteiger partial charge in [0.15, 0.2) is 0 Å². The number of nitrogens with two attached hydrogens (primary N) is 1. The Balaban J connectivity index is 2.45. The summed E-state index contributed by atoms with van der Waals surface area (Å²) < 4.78 is 0. The van der Waals surface area contributed by atoms with E-state index in [-0.39, 0.29) is 6.04 Å². The van der Waals surface area contributed by atoms with Crippen LogP contribution in [0.5, 0.6) is 0 Å². The highest BCUT2D eigenvalue weighted by molar-refractivity contribution is 5.62. The summed E-state index contributed by atoms with van der Waals surface area (Å²) in [5.74, 6) is 0. The van der Waals surface area contributed by atoms with Crippen LogP contribution in [0.4, 0.5) is 0 Å². The minimum absolute atomic E-state index is 0.234. The van der Waals surface area contributed by atoms with Crippen LogP contribution in [0, 0.1) is 0 Å². The van der Waals surface area contributed by atoms with Gasteiger partial charge in [0.05, 0.1) is 0 Å². The quantitative estimate of drug-likeness (QED) is 0.718. The van der Waals surface area contributed by atoms with E-state index in [4.69, 9.17) is 5.73 Å². The molecule has 0 heterocycles. The Hall–Kier alpha value is -1.08. The van der Waals surface area contributed by atoms with Gasteiger partial charge in [0, 0.05) is 6.04 Å². The smallest absolute Gasteiger partial charge is 0.0297 e. The van der Waals surface area contributed by atoms with E-state index >= 15 is 0 Å². The number of hydrogen-bond donors (Lipinski definition) is 1. The molecule has 2 N–H and O–H groups in total. The number of hydrogen-bond acceptors (Lipinski definition) is 1. The molecule has 0 saturated carbocycles. The SMILES string of the molecule is C=C(C)c1ccc2c(c1)C(N)CCC2. The van der Waals surface area contributed by atoms with Gasteiger partial charge in [0.2, 0.25) is 0 Å². The third kappa shape index (κ3) is 1.60. The molecule has 74 valence electrons. The molecule has 0 bridgehead atoms. The number of rotatable bonds is 1. The Morgan fingerprint density at radius 1 is 1.50 bits per heavy atom. The van der Waals surface area contributed by atoms with Crippen LogP contribution < -0.4 is 5.73 Å². The van der Waals surface area contributed by atoms with Crippen LogP contribution in [0.2, 0.25) is 0 Å². The molecule has 1 heteroatoms. The van der Waals surface area contributed by atoms with Crippen LogP contribution in [0.1, 0.15) is 42.5 Å². The van der Waals surface area contributed by atoms with Crippen molar-refractivity contribution in [2.45, 2.75) is 32.2 Å². The first-order chi connectivity index (χ1) is 6.68. The van der Waals surface area contributed by atoms with E-state index in [9.17, 15) is 0 Å². The van der Waals surface area contributed by atoms with Gasteiger partial charge in [-0.25, -0.2) is 0 Å². The van der Waals surface area contributed by atoms with E-state index in [1.165, 1.54) is 29.5 Å². The number of allylic oxidation sites excluding steroid dienone is 1. The molecule has 1 aliphatic rings. The summed E-state index contributed by atoms with van der Waals surface area (Å²) in [6, 6.07) is 6.80. The third-order valence-electron chi connectivity index (χ3n) is 3.00. The van der Waals surface area contributed by atoms with Crippen LogP contribution in [0.15, 0.2) is 24.8 Å². The van der Waals surface area contributed by atoms with Crippen LogP contribution in [0.3, 0.4) is 0 Å². The average Bonchev–Trinajstić information content (AvgIpc) is 2.18. The van der Waals surface area contributed by atoms with Gasteiger partial charge >= 0.3 is 0 Å². The lowest BCUT2D eigenvalue weighted by molar-refractivity contribution is 0.570. The van der Waals surface area contributed by atoms with Crippen molar-refractivity contribution < 1.29 is 0 Å². The largest absolute Gasteiger partial charge is 0.324 e. The van der Waals surface area contributed by atoms with Gasteiger partial charge in [0.25, 0.3) is 0 Å². The second-order valence-corrected chi connectivity index (χ2v) is 4.19. The molecule has 0 aromatic heterocycles. The molecule has 0 aliphatic heterocycles. The Kier molecular flexibility index (Phi) is 2.42. The molecule has 1 unspecified atom stereocenters. The van der Waals surface area contributed by atoms with Crippen molar-refractivity contribution in [2.24, 2.45) is 5.73 Å². The molecular formula is C13H17N. The molecular weight excluding hydrogens is 170 g/mol. The number of benzene rings is 1. The summed E-state index contributed by atoms with van der Waals surface area (Å²) in [4.78, 5) is 0. The second-order valence-electron chi connectivity index (χ2n) is 4.19. The van der Waals surface area contributed by atoms with Crippen molar-refractivity contribution in [3.05, 3.63) is 41.5 Å². The third-order valence-corrected chi connectivity index (χ3v) is 3.00. The molecule has 1 atom stereocenters. The van der Waals surface area contributed by atoms with Crippen molar-refractivity contribution in [3.8, 4) is 0 Å². The minimum Gasteiger partial charge on any atom is -0.324 e. The van der Waals surface area contributed by atoms with Crippen molar-refractivity contribution in [1.29, 1.82) is 0 Å². The highest BCUT2D eigenvalue weighted by Gasteiger charge is 2.16. The van der Waals surface area contributed by atoms with E-state index in [0.29, 0.717) is 0 Å². The summed E-state index contributed by atoms with van der Waals surface area (Å²) in [5.41, 5.74) is 11.2. The summed E-state index contributed by atoms with van der Waals surface area (Å²) >= 11 is 0. The first-order valence-electron chi connectivity index (χ1n) is 5.23. The van der Waals surface area contributed by atoms with Crippen molar-refractivity contribution in [1.82, 2.24) is 0 Å². The maximum absolute atomic E-state index is 6.09. The van der Waals surface area contributed by atoms with E-state index in [2.05, 4.69) is 24.8 Å². The Morgan fingerprint density at radius 2 is 2.29 bits per heavy atom. The van der Waals surface area contributed by atoms with E-state index in [0.717, 1.165) is 12.0 Å². The molecule has 0 spiro atoms.